The quantitative estimate of drug-likeness (QED) is 0.149. The third-order valence-corrected chi connectivity index (χ3v) is 7.72. The van der Waals surface area contributed by atoms with Gasteiger partial charge in [0.15, 0.2) is 0 Å². The molecule has 0 aliphatic carbocycles. The minimum absolute atomic E-state index is 0. The minimum Gasteiger partial charge on any atom is -0.375 e. The van der Waals surface area contributed by atoms with Crippen LogP contribution in [0.25, 0.3) is 0 Å². The van der Waals surface area contributed by atoms with E-state index in [1.54, 1.807) is 12.1 Å². The third kappa shape index (κ3) is 9.64. The van der Waals surface area contributed by atoms with E-state index in [2.05, 4.69) is 41.2 Å². The molecule has 204 valence electrons. The van der Waals surface area contributed by atoms with Gasteiger partial charge in [-0.2, -0.15) is 0 Å². The SMILES string of the molecule is Cc1ccc(COCCN[C@H](c2ccccc2)[C@H](NS(=O)(=O)c2ccc(C)cc2)c2ccccc2)cc1.[Cl+].[Ru+2]. The first-order valence-electron chi connectivity index (χ1n) is 12.5. The average Bonchev–Trinajstić information content (AvgIpc) is 2.92. The number of hydrogen-bond donors (Lipinski definition) is 2. The van der Waals surface area contributed by atoms with Crippen LogP contribution in [0, 0.1) is 26.3 Å². The van der Waals surface area contributed by atoms with Gasteiger partial charge in [0.2, 0.25) is 10.0 Å². The molecule has 0 amide bonds. The number of ether oxygens (including phenoxy) is 1. The Kier molecular flexibility index (Phi) is 13.5. The van der Waals surface area contributed by atoms with Crippen molar-refractivity contribution in [1.29, 1.82) is 0 Å². The van der Waals surface area contributed by atoms with E-state index < -0.39 is 16.1 Å². The maximum absolute atomic E-state index is 13.5. The summed E-state index contributed by atoms with van der Waals surface area (Å²) in [5, 5.41) is 3.56. The molecular formula is C31H34ClN2O3RuS+3. The van der Waals surface area contributed by atoms with Crippen LogP contribution in [0.1, 0.15) is 39.9 Å². The van der Waals surface area contributed by atoms with E-state index >= 15 is 0 Å². The molecule has 0 saturated carbocycles. The Morgan fingerprint density at radius 3 is 1.72 bits per heavy atom. The van der Waals surface area contributed by atoms with Gasteiger partial charge < -0.3 is 10.1 Å². The fraction of sp³-hybridized carbons (Fsp3) is 0.226. The number of sulfonamides is 1. The molecule has 0 unspecified atom stereocenters. The van der Waals surface area contributed by atoms with Gasteiger partial charge in [0, 0.05) is 6.54 Å². The second kappa shape index (κ2) is 16.0. The number of rotatable bonds is 12. The third-order valence-electron chi connectivity index (χ3n) is 6.26. The van der Waals surface area contributed by atoms with E-state index in [-0.39, 0.29) is 42.8 Å². The van der Waals surface area contributed by atoms with E-state index in [1.165, 1.54) is 5.56 Å². The molecule has 2 radical (unpaired) electrons. The van der Waals surface area contributed by atoms with Crippen LogP contribution in [0.3, 0.4) is 0 Å². The summed E-state index contributed by atoms with van der Waals surface area (Å²) in [6.07, 6.45) is 0. The Labute approximate surface area is 251 Å². The van der Waals surface area contributed by atoms with Gasteiger partial charge in [-0.05, 0) is 42.7 Å². The normalized spacial score (nSPS) is 12.6. The monoisotopic (exact) mass is 651 g/mol. The summed E-state index contributed by atoms with van der Waals surface area (Å²) >= 11 is 0. The summed E-state index contributed by atoms with van der Waals surface area (Å²) in [6.45, 7) is 5.58. The predicted octanol–water partition coefficient (Wildman–Crippen LogP) is 5.87. The Bertz CT molecular complexity index is 1350. The van der Waals surface area contributed by atoms with Crippen molar-refractivity contribution in [3.8, 4) is 0 Å². The Balaban J connectivity index is 0.00000267. The van der Waals surface area contributed by atoms with Crippen molar-refractivity contribution in [2.75, 3.05) is 13.2 Å². The fourth-order valence-electron chi connectivity index (χ4n) is 4.19. The molecular weight excluding hydrogens is 617 g/mol. The molecule has 4 aromatic rings. The molecule has 0 fully saturated rings. The zero-order chi connectivity index (χ0) is 26.1. The first kappa shape index (κ1) is 32.8. The molecule has 4 aromatic carbocycles. The van der Waals surface area contributed by atoms with Gasteiger partial charge in [-0.3, -0.25) is 0 Å². The minimum atomic E-state index is -3.77. The summed E-state index contributed by atoms with van der Waals surface area (Å²) in [5.74, 6) is 0. The van der Waals surface area contributed by atoms with Crippen LogP contribution in [0.15, 0.2) is 114 Å². The van der Waals surface area contributed by atoms with Gasteiger partial charge >= 0.3 is 31.9 Å². The molecule has 5 nitrogen and oxygen atoms in total. The van der Waals surface area contributed by atoms with Crippen LogP contribution in [0.5, 0.6) is 0 Å². The molecule has 39 heavy (non-hydrogen) atoms. The molecule has 0 saturated heterocycles. The largest absolute Gasteiger partial charge is 2.00 e. The maximum atomic E-state index is 13.5. The van der Waals surface area contributed by atoms with Gasteiger partial charge in [-0.1, -0.05) is 108 Å². The zero-order valence-corrected chi connectivity index (χ0v) is 25.3. The fourth-order valence-corrected chi connectivity index (χ4v) is 5.43. The van der Waals surface area contributed by atoms with Crippen LogP contribution in [-0.4, -0.2) is 21.6 Å². The molecule has 8 heteroatoms. The van der Waals surface area contributed by atoms with Crippen LogP contribution in [0.2, 0.25) is 0 Å². The van der Waals surface area contributed by atoms with Gasteiger partial charge in [0.1, 0.15) is 0 Å². The molecule has 2 N–H and O–H groups in total. The van der Waals surface area contributed by atoms with Crippen molar-refractivity contribution < 1.29 is 45.0 Å². The standard InChI is InChI=1S/C31H34N2O3S.Cl.Ru/c1-24-13-17-26(18-14-24)23-36-22-21-32-30(27-9-5-3-6-10-27)31(28-11-7-4-8-12-28)33-37(34,35)29-19-15-25(2)16-20-29;;/h3-20,30-33H,21-23H2,1-2H3;;/q;+1;+2/t30-,31-;;/m1../s1. The molecule has 2 atom stereocenters. The summed E-state index contributed by atoms with van der Waals surface area (Å²) in [6, 6.07) is 34.0. The van der Waals surface area contributed by atoms with E-state index in [1.807, 2.05) is 79.7 Å². The Hall–Kier alpha value is -2.38. The van der Waals surface area contributed by atoms with Gasteiger partial charge in [-0.15, -0.1) is 0 Å². The Morgan fingerprint density at radius 2 is 1.18 bits per heavy atom. The summed E-state index contributed by atoms with van der Waals surface area (Å²) in [7, 11) is -3.77. The zero-order valence-electron chi connectivity index (χ0n) is 22.0. The van der Waals surface area contributed by atoms with Gasteiger partial charge in [-0.25, -0.2) is 13.1 Å². The summed E-state index contributed by atoms with van der Waals surface area (Å²) in [5.41, 5.74) is 5.21. The van der Waals surface area contributed by atoms with Gasteiger partial charge in [0.25, 0.3) is 0 Å². The molecule has 0 heterocycles. The van der Waals surface area contributed by atoms with Crippen molar-refractivity contribution in [3.05, 3.63) is 137 Å². The first-order chi connectivity index (χ1) is 17.9. The number of aryl methyl sites for hydroxylation is 2. The second-order valence-corrected chi connectivity index (χ2v) is 10.9. The van der Waals surface area contributed by atoms with E-state index in [0.29, 0.717) is 19.8 Å². The topological polar surface area (TPSA) is 67.4 Å². The van der Waals surface area contributed by atoms with Gasteiger partial charge in [0.05, 0.1) is 30.2 Å². The van der Waals surface area contributed by atoms with E-state index in [4.69, 9.17) is 4.74 Å². The summed E-state index contributed by atoms with van der Waals surface area (Å²) in [4.78, 5) is 0.243. The van der Waals surface area contributed by atoms with Crippen LogP contribution < -0.4 is 10.0 Å². The first-order valence-corrected chi connectivity index (χ1v) is 14.0. The number of halogens is 1. The van der Waals surface area contributed by atoms with Crippen LogP contribution in [0.4, 0.5) is 0 Å². The molecule has 0 aromatic heterocycles. The van der Waals surface area contributed by atoms with Crippen molar-refractivity contribution in [2.45, 2.75) is 37.4 Å². The molecule has 0 aliphatic rings. The van der Waals surface area contributed by atoms with Crippen molar-refractivity contribution in [3.63, 3.8) is 0 Å². The van der Waals surface area contributed by atoms with E-state index in [0.717, 1.165) is 22.3 Å². The van der Waals surface area contributed by atoms with E-state index in [9.17, 15) is 8.42 Å². The van der Waals surface area contributed by atoms with Crippen molar-refractivity contribution in [2.24, 2.45) is 0 Å². The number of hydrogen-bond acceptors (Lipinski definition) is 4. The Morgan fingerprint density at radius 1 is 0.692 bits per heavy atom. The molecule has 0 aliphatic heterocycles. The van der Waals surface area contributed by atoms with Crippen molar-refractivity contribution in [1.82, 2.24) is 10.0 Å². The molecule has 0 spiro atoms. The second-order valence-electron chi connectivity index (χ2n) is 9.20. The number of benzene rings is 4. The molecule has 0 bridgehead atoms. The predicted molar refractivity (Wildman–Crippen MR) is 149 cm³/mol. The van der Waals surface area contributed by atoms with Crippen LogP contribution in [-0.2, 0) is 40.8 Å². The van der Waals surface area contributed by atoms with Crippen molar-refractivity contribution >= 4 is 10.0 Å². The maximum Gasteiger partial charge on any atom is 2.00 e. The average molecular weight is 651 g/mol. The van der Waals surface area contributed by atoms with Crippen LogP contribution >= 0.6 is 0 Å². The smallest absolute Gasteiger partial charge is 0.375 e. The number of nitrogens with one attached hydrogen (secondary N) is 2. The summed E-state index contributed by atoms with van der Waals surface area (Å²) < 4.78 is 35.8. The molecule has 4 rings (SSSR count).